The third-order valence-corrected chi connectivity index (χ3v) is 7.44. The van der Waals surface area contributed by atoms with E-state index in [0.29, 0.717) is 37.7 Å². The number of amides is 1. The summed E-state index contributed by atoms with van der Waals surface area (Å²) in [4.78, 5) is 25.7. The summed E-state index contributed by atoms with van der Waals surface area (Å²) >= 11 is 0. The molecule has 0 saturated carbocycles. The molecule has 0 N–H and O–H groups in total. The molecule has 1 aliphatic rings. The molecule has 1 heterocycles. The van der Waals surface area contributed by atoms with E-state index < -0.39 is 16.0 Å². The smallest absolute Gasteiger partial charge is 0.344 e. The molecule has 3 aromatic carbocycles. The van der Waals surface area contributed by atoms with Gasteiger partial charge in [-0.05, 0) is 47.2 Å². The highest BCUT2D eigenvalue weighted by Crippen LogP contribution is 2.26. The highest BCUT2D eigenvalue weighted by Gasteiger charge is 2.22. The second-order valence-corrected chi connectivity index (χ2v) is 9.89. The van der Waals surface area contributed by atoms with Crippen molar-refractivity contribution in [3.8, 4) is 5.75 Å². The Balaban J connectivity index is 1.32. The van der Waals surface area contributed by atoms with Crippen LogP contribution >= 0.6 is 0 Å². The van der Waals surface area contributed by atoms with Gasteiger partial charge in [-0.15, -0.1) is 0 Å². The lowest BCUT2D eigenvalue weighted by Crippen LogP contribution is -2.42. The van der Waals surface area contributed by atoms with Crippen LogP contribution in [0.25, 0.3) is 10.8 Å². The third-order valence-electron chi connectivity index (χ3n) is 5.66. The van der Waals surface area contributed by atoms with Gasteiger partial charge in [-0.2, -0.15) is 0 Å². The number of nitrogens with zero attached hydrogens (tertiary/aromatic N) is 2. The number of esters is 1. The van der Waals surface area contributed by atoms with E-state index in [2.05, 4.69) is 0 Å². The molecule has 0 unspecified atom stereocenters. The number of hydrogen-bond donors (Lipinski definition) is 0. The van der Waals surface area contributed by atoms with Crippen LogP contribution in [0.4, 0.5) is 5.69 Å². The van der Waals surface area contributed by atoms with Crippen LogP contribution in [-0.2, 0) is 29.1 Å². The number of benzene rings is 3. The number of anilines is 1. The van der Waals surface area contributed by atoms with Gasteiger partial charge in [-0.3, -0.25) is 9.10 Å². The number of morpholine rings is 1. The molecule has 0 atom stereocenters. The molecular weight excluding hydrogens is 472 g/mol. The van der Waals surface area contributed by atoms with Gasteiger partial charge in [-0.25, -0.2) is 13.2 Å². The molecule has 4 rings (SSSR count). The minimum absolute atomic E-state index is 0.188. The van der Waals surface area contributed by atoms with Gasteiger partial charge in [0.2, 0.25) is 0 Å². The highest BCUT2D eigenvalue weighted by atomic mass is 32.2. The zero-order valence-corrected chi connectivity index (χ0v) is 20.1. The Kier molecular flexibility index (Phi) is 7.52. The number of ether oxygens (including phenoxy) is 3. The maximum Gasteiger partial charge on any atom is 0.344 e. The van der Waals surface area contributed by atoms with Crippen LogP contribution < -0.4 is 9.04 Å². The Labute approximate surface area is 203 Å². The van der Waals surface area contributed by atoms with Gasteiger partial charge < -0.3 is 19.1 Å². The van der Waals surface area contributed by atoms with Crippen molar-refractivity contribution in [1.82, 2.24) is 4.90 Å². The van der Waals surface area contributed by atoms with Crippen molar-refractivity contribution >= 4 is 38.4 Å². The summed E-state index contributed by atoms with van der Waals surface area (Å²) in [7, 11) is -2.30. The Bertz CT molecular complexity index is 1300. The van der Waals surface area contributed by atoms with Gasteiger partial charge >= 0.3 is 5.97 Å². The molecule has 0 aromatic heterocycles. The molecule has 0 bridgehead atoms. The average molecular weight is 499 g/mol. The van der Waals surface area contributed by atoms with E-state index in [0.717, 1.165) is 10.8 Å². The third kappa shape index (κ3) is 5.90. The first kappa shape index (κ1) is 24.5. The molecule has 0 radical (unpaired) electrons. The van der Waals surface area contributed by atoms with Gasteiger partial charge in [0.25, 0.3) is 15.9 Å². The van der Waals surface area contributed by atoms with Gasteiger partial charge in [0.05, 0.1) is 23.8 Å². The fourth-order valence-corrected chi connectivity index (χ4v) is 4.84. The summed E-state index contributed by atoms with van der Waals surface area (Å²) in [6, 6.07) is 18.9. The largest absolute Gasteiger partial charge is 0.482 e. The Morgan fingerprint density at radius 3 is 2.34 bits per heavy atom. The minimum atomic E-state index is -3.77. The van der Waals surface area contributed by atoms with Crippen LogP contribution in [-0.4, -0.2) is 71.8 Å². The van der Waals surface area contributed by atoms with Crippen molar-refractivity contribution in [1.29, 1.82) is 0 Å². The SMILES string of the molecule is CN(c1ccc(OCC(=O)OCC(=O)N2CCOCC2)cc1)S(=O)(=O)c1ccc2ccccc2c1. The molecule has 10 heteroatoms. The van der Waals surface area contributed by atoms with Crippen LogP contribution in [0.5, 0.6) is 5.75 Å². The fraction of sp³-hybridized carbons (Fsp3) is 0.280. The van der Waals surface area contributed by atoms with Crippen LogP contribution in [0.2, 0.25) is 0 Å². The molecule has 1 saturated heterocycles. The number of carbonyl (C=O) groups is 2. The number of fused-ring (bicyclic) bond motifs is 1. The van der Waals surface area contributed by atoms with Crippen LogP contribution in [0.1, 0.15) is 0 Å². The van der Waals surface area contributed by atoms with Crippen LogP contribution in [0.3, 0.4) is 0 Å². The first-order valence-electron chi connectivity index (χ1n) is 11.1. The molecule has 1 amide bonds. The van der Waals surface area contributed by atoms with E-state index in [9.17, 15) is 18.0 Å². The molecule has 9 nitrogen and oxygen atoms in total. The second-order valence-electron chi connectivity index (χ2n) is 7.92. The monoisotopic (exact) mass is 498 g/mol. The van der Waals surface area contributed by atoms with Crippen molar-refractivity contribution in [3.05, 3.63) is 66.7 Å². The minimum Gasteiger partial charge on any atom is -0.482 e. The normalized spacial score (nSPS) is 13.9. The number of rotatable bonds is 8. The van der Waals surface area contributed by atoms with Crippen LogP contribution in [0, 0.1) is 0 Å². The van der Waals surface area contributed by atoms with E-state index >= 15 is 0 Å². The second kappa shape index (κ2) is 10.7. The molecule has 0 aliphatic carbocycles. The number of sulfonamides is 1. The van der Waals surface area contributed by atoms with Gasteiger partial charge in [-0.1, -0.05) is 30.3 Å². The van der Waals surface area contributed by atoms with E-state index in [1.807, 2.05) is 24.3 Å². The maximum atomic E-state index is 13.1. The number of hydrogen-bond acceptors (Lipinski definition) is 7. The summed E-state index contributed by atoms with van der Waals surface area (Å²) in [5.41, 5.74) is 0.434. The Morgan fingerprint density at radius 2 is 1.63 bits per heavy atom. The zero-order chi connectivity index (χ0) is 24.8. The Morgan fingerprint density at radius 1 is 0.943 bits per heavy atom. The van der Waals surface area contributed by atoms with Gasteiger partial charge in [0, 0.05) is 20.1 Å². The van der Waals surface area contributed by atoms with Gasteiger partial charge in [0.15, 0.2) is 13.2 Å². The summed E-state index contributed by atoms with van der Waals surface area (Å²) in [6.07, 6.45) is 0. The first-order valence-corrected chi connectivity index (χ1v) is 12.5. The molecular formula is C25H26N2O7S. The van der Waals surface area contributed by atoms with Crippen molar-refractivity contribution in [2.24, 2.45) is 0 Å². The predicted molar refractivity (Wildman–Crippen MR) is 130 cm³/mol. The summed E-state index contributed by atoms with van der Waals surface area (Å²) < 4.78 is 43.0. The fourth-order valence-electron chi connectivity index (χ4n) is 3.61. The number of carbonyl (C=O) groups excluding carboxylic acids is 2. The lowest BCUT2D eigenvalue weighted by atomic mass is 10.1. The van der Waals surface area contributed by atoms with E-state index in [4.69, 9.17) is 14.2 Å². The van der Waals surface area contributed by atoms with E-state index in [1.54, 1.807) is 47.4 Å². The standard InChI is InChI=1S/C25H26N2O7S/c1-26(35(30,31)23-11-6-19-4-2-3-5-20(19)16-23)21-7-9-22(10-8-21)33-18-25(29)34-17-24(28)27-12-14-32-15-13-27/h2-11,16H,12-15,17-18H2,1H3. The summed E-state index contributed by atoms with van der Waals surface area (Å²) in [5, 5.41) is 1.80. The highest BCUT2D eigenvalue weighted by molar-refractivity contribution is 7.92. The summed E-state index contributed by atoms with van der Waals surface area (Å²) in [5.74, 6) is -0.588. The molecule has 35 heavy (non-hydrogen) atoms. The Hall–Kier alpha value is -3.63. The predicted octanol–water partition coefficient (Wildman–Crippen LogP) is 2.45. The maximum absolute atomic E-state index is 13.1. The topological polar surface area (TPSA) is 102 Å². The average Bonchev–Trinajstić information content (AvgIpc) is 2.90. The van der Waals surface area contributed by atoms with E-state index in [1.165, 1.54) is 11.4 Å². The lowest BCUT2D eigenvalue weighted by Gasteiger charge is -2.26. The van der Waals surface area contributed by atoms with Crippen molar-refractivity contribution in [3.63, 3.8) is 0 Å². The first-order chi connectivity index (χ1) is 16.8. The molecule has 0 spiro atoms. The molecule has 184 valence electrons. The molecule has 3 aromatic rings. The molecule has 1 fully saturated rings. The van der Waals surface area contributed by atoms with Crippen molar-refractivity contribution in [2.75, 3.05) is 50.9 Å². The van der Waals surface area contributed by atoms with E-state index in [-0.39, 0.29) is 24.0 Å². The van der Waals surface area contributed by atoms with Crippen molar-refractivity contribution in [2.45, 2.75) is 4.90 Å². The molecule has 1 aliphatic heterocycles. The zero-order valence-electron chi connectivity index (χ0n) is 19.3. The lowest BCUT2D eigenvalue weighted by molar-refractivity contribution is -0.155. The van der Waals surface area contributed by atoms with Gasteiger partial charge in [0.1, 0.15) is 5.75 Å². The summed E-state index contributed by atoms with van der Waals surface area (Å²) in [6.45, 7) is 1.17. The quantitative estimate of drug-likeness (QED) is 0.440. The van der Waals surface area contributed by atoms with Crippen LogP contribution in [0.15, 0.2) is 71.6 Å². The van der Waals surface area contributed by atoms with Crippen molar-refractivity contribution < 1.29 is 32.2 Å².